The van der Waals surface area contributed by atoms with Gasteiger partial charge in [0.25, 0.3) is 5.91 Å². The lowest BCUT2D eigenvalue weighted by Crippen LogP contribution is -2.27. The molecule has 1 aromatic heterocycles. The number of halogens is 2. The van der Waals surface area contributed by atoms with Gasteiger partial charge in [-0.2, -0.15) is 5.10 Å². The molecule has 0 saturated heterocycles. The highest BCUT2D eigenvalue weighted by Gasteiger charge is 2.19. The minimum absolute atomic E-state index is 0.245. The molecular formula is C14H16Cl2N4O. The Morgan fingerprint density at radius 2 is 2.14 bits per heavy atom. The summed E-state index contributed by atoms with van der Waals surface area (Å²) < 4.78 is 1.63. The van der Waals surface area contributed by atoms with Crippen LogP contribution >= 0.6 is 23.2 Å². The normalized spacial score (nSPS) is 10.7. The Balaban J connectivity index is 2.17. The Morgan fingerprint density at radius 3 is 2.71 bits per heavy atom. The second-order valence-electron chi connectivity index (χ2n) is 4.69. The fourth-order valence-electron chi connectivity index (χ4n) is 1.92. The predicted molar refractivity (Wildman–Crippen MR) is 84.6 cm³/mol. The number of aryl methyl sites for hydroxylation is 1. The molecule has 7 heteroatoms. The zero-order valence-corrected chi connectivity index (χ0v) is 13.3. The van der Waals surface area contributed by atoms with Gasteiger partial charge >= 0.3 is 0 Å². The second-order valence-corrected chi connectivity index (χ2v) is 5.53. The van der Waals surface area contributed by atoms with E-state index in [-0.39, 0.29) is 11.6 Å². The Bertz CT molecular complexity index is 669. The van der Waals surface area contributed by atoms with Gasteiger partial charge in [0.15, 0.2) is 5.69 Å². The summed E-state index contributed by atoms with van der Waals surface area (Å²) in [5, 5.41) is 5.26. The van der Waals surface area contributed by atoms with Gasteiger partial charge in [0.1, 0.15) is 0 Å². The number of anilines is 1. The first-order valence-corrected chi connectivity index (χ1v) is 7.20. The van der Waals surface area contributed by atoms with Gasteiger partial charge in [0.2, 0.25) is 0 Å². The molecule has 0 atom stereocenters. The van der Waals surface area contributed by atoms with Crippen LogP contribution in [0.3, 0.4) is 0 Å². The van der Waals surface area contributed by atoms with Gasteiger partial charge in [0.05, 0.1) is 5.69 Å². The average Bonchev–Trinajstić information content (AvgIpc) is 2.82. The molecule has 2 rings (SSSR count). The molecule has 112 valence electrons. The molecule has 2 aromatic rings. The number of carbonyl (C=O) groups is 1. The van der Waals surface area contributed by atoms with Crippen molar-refractivity contribution in [3.05, 3.63) is 45.7 Å². The average molecular weight is 327 g/mol. The molecule has 0 fully saturated rings. The van der Waals surface area contributed by atoms with E-state index in [4.69, 9.17) is 28.9 Å². The number of carbonyl (C=O) groups excluding carboxylic acids is 1. The highest BCUT2D eigenvalue weighted by atomic mass is 35.5. The van der Waals surface area contributed by atoms with E-state index < -0.39 is 0 Å². The number of rotatable bonds is 4. The maximum atomic E-state index is 12.4. The molecule has 0 aliphatic carbocycles. The molecule has 0 aliphatic heterocycles. The minimum Gasteiger partial charge on any atom is -0.396 e. The van der Waals surface area contributed by atoms with Crippen molar-refractivity contribution in [1.82, 2.24) is 14.7 Å². The van der Waals surface area contributed by atoms with Crippen molar-refractivity contribution in [2.24, 2.45) is 0 Å². The number of benzene rings is 1. The van der Waals surface area contributed by atoms with E-state index in [1.54, 1.807) is 36.1 Å². The second kappa shape index (κ2) is 6.37. The standard InChI is InChI=1S/C14H16Cl2N4O/c1-3-20-8-12(17)13(18-20)14(21)19(2)7-9-4-5-10(15)6-11(9)16/h4-6,8H,3,7,17H2,1-2H3. The van der Waals surface area contributed by atoms with E-state index in [1.807, 2.05) is 6.92 Å². The van der Waals surface area contributed by atoms with Crippen molar-refractivity contribution >= 4 is 34.8 Å². The number of hydrogen-bond acceptors (Lipinski definition) is 3. The minimum atomic E-state index is -0.245. The van der Waals surface area contributed by atoms with Crippen molar-refractivity contribution in [1.29, 1.82) is 0 Å². The molecule has 0 saturated carbocycles. The third-order valence-corrected chi connectivity index (χ3v) is 3.67. The largest absolute Gasteiger partial charge is 0.396 e. The summed E-state index contributed by atoms with van der Waals surface area (Å²) >= 11 is 12.0. The van der Waals surface area contributed by atoms with Gasteiger partial charge in [-0.1, -0.05) is 29.3 Å². The molecule has 1 amide bonds. The van der Waals surface area contributed by atoms with E-state index in [0.29, 0.717) is 28.8 Å². The van der Waals surface area contributed by atoms with Crippen molar-refractivity contribution in [2.75, 3.05) is 12.8 Å². The van der Waals surface area contributed by atoms with Crippen LogP contribution in [0.5, 0.6) is 0 Å². The molecule has 0 unspecified atom stereocenters. The molecule has 1 heterocycles. The van der Waals surface area contributed by atoms with Crippen molar-refractivity contribution in [3.63, 3.8) is 0 Å². The molecule has 0 radical (unpaired) electrons. The monoisotopic (exact) mass is 326 g/mol. The maximum absolute atomic E-state index is 12.4. The molecule has 21 heavy (non-hydrogen) atoms. The third kappa shape index (κ3) is 3.49. The van der Waals surface area contributed by atoms with Crippen LogP contribution in [0, 0.1) is 0 Å². The van der Waals surface area contributed by atoms with E-state index in [0.717, 1.165) is 5.56 Å². The van der Waals surface area contributed by atoms with E-state index in [9.17, 15) is 4.79 Å². The summed E-state index contributed by atoms with van der Waals surface area (Å²) in [7, 11) is 1.68. The molecule has 0 spiro atoms. The summed E-state index contributed by atoms with van der Waals surface area (Å²) in [4.78, 5) is 13.9. The summed E-state index contributed by atoms with van der Waals surface area (Å²) in [6.07, 6.45) is 1.65. The van der Waals surface area contributed by atoms with Gasteiger partial charge in [-0.05, 0) is 24.6 Å². The number of nitrogens with two attached hydrogens (primary N) is 1. The van der Waals surface area contributed by atoms with Gasteiger partial charge in [-0.15, -0.1) is 0 Å². The topological polar surface area (TPSA) is 64.2 Å². The molecule has 0 bridgehead atoms. The summed E-state index contributed by atoms with van der Waals surface area (Å²) in [5.41, 5.74) is 7.26. The van der Waals surface area contributed by atoms with Crippen LogP contribution in [0.15, 0.2) is 24.4 Å². The number of aromatic nitrogens is 2. The Labute approximate surface area is 133 Å². The smallest absolute Gasteiger partial charge is 0.276 e. The zero-order valence-electron chi connectivity index (χ0n) is 11.8. The summed E-state index contributed by atoms with van der Waals surface area (Å²) in [6, 6.07) is 5.18. The third-order valence-electron chi connectivity index (χ3n) is 3.09. The Morgan fingerprint density at radius 1 is 1.43 bits per heavy atom. The zero-order chi connectivity index (χ0) is 15.6. The first-order valence-electron chi connectivity index (χ1n) is 6.44. The first kappa shape index (κ1) is 15.7. The van der Waals surface area contributed by atoms with Gasteiger partial charge in [-0.25, -0.2) is 0 Å². The number of amides is 1. The van der Waals surface area contributed by atoms with Gasteiger partial charge < -0.3 is 10.6 Å². The van der Waals surface area contributed by atoms with Crippen LogP contribution in [-0.2, 0) is 13.1 Å². The lowest BCUT2D eigenvalue weighted by molar-refractivity contribution is 0.0779. The van der Waals surface area contributed by atoms with Crippen LogP contribution in [0.4, 0.5) is 5.69 Å². The van der Waals surface area contributed by atoms with E-state index >= 15 is 0 Å². The predicted octanol–water partition coefficient (Wildman–Crippen LogP) is 3.06. The van der Waals surface area contributed by atoms with Crippen LogP contribution in [0.1, 0.15) is 23.0 Å². The van der Waals surface area contributed by atoms with E-state index in [1.165, 1.54) is 4.90 Å². The highest BCUT2D eigenvalue weighted by Crippen LogP contribution is 2.22. The Hall–Kier alpha value is -1.72. The summed E-state index contributed by atoms with van der Waals surface area (Å²) in [6.45, 7) is 2.94. The molecule has 2 N–H and O–H groups in total. The van der Waals surface area contributed by atoms with Gasteiger partial charge in [0, 0.05) is 36.4 Å². The molecular weight excluding hydrogens is 311 g/mol. The number of hydrogen-bond donors (Lipinski definition) is 1. The number of nitrogens with zero attached hydrogens (tertiary/aromatic N) is 3. The highest BCUT2D eigenvalue weighted by molar-refractivity contribution is 6.35. The van der Waals surface area contributed by atoms with Crippen molar-refractivity contribution in [3.8, 4) is 0 Å². The molecule has 0 aliphatic rings. The lowest BCUT2D eigenvalue weighted by atomic mass is 10.2. The van der Waals surface area contributed by atoms with E-state index in [2.05, 4.69) is 5.10 Å². The molecule has 1 aromatic carbocycles. The summed E-state index contributed by atoms with van der Waals surface area (Å²) in [5.74, 6) is -0.245. The van der Waals surface area contributed by atoms with Crippen LogP contribution in [0.25, 0.3) is 0 Å². The lowest BCUT2D eigenvalue weighted by Gasteiger charge is -2.17. The fraction of sp³-hybridized carbons (Fsp3) is 0.286. The molecule has 5 nitrogen and oxygen atoms in total. The SMILES string of the molecule is CCn1cc(N)c(C(=O)N(C)Cc2ccc(Cl)cc2Cl)n1. The number of nitrogen functional groups attached to an aromatic ring is 1. The quantitative estimate of drug-likeness (QED) is 0.939. The van der Waals surface area contributed by atoms with Crippen LogP contribution in [-0.4, -0.2) is 27.6 Å². The van der Waals surface area contributed by atoms with Gasteiger partial charge in [-0.3, -0.25) is 9.48 Å². The fourth-order valence-corrected chi connectivity index (χ4v) is 2.39. The maximum Gasteiger partial charge on any atom is 0.276 e. The van der Waals surface area contributed by atoms with Crippen molar-refractivity contribution < 1.29 is 4.79 Å². The van der Waals surface area contributed by atoms with Crippen molar-refractivity contribution in [2.45, 2.75) is 20.0 Å². The first-order chi connectivity index (χ1) is 9.92. The Kier molecular flexibility index (Phi) is 4.75. The van der Waals surface area contributed by atoms with Crippen LogP contribution < -0.4 is 5.73 Å². The van der Waals surface area contributed by atoms with Crippen LogP contribution in [0.2, 0.25) is 10.0 Å².